The van der Waals surface area contributed by atoms with Gasteiger partial charge in [0.1, 0.15) is 0 Å². The molecule has 2 heterocycles. The Balaban J connectivity index is 1.69. The van der Waals surface area contributed by atoms with E-state index in [0.717, 1.165) is 11.4 Å². The molecule has 1 aromatic heterocycles. The maximum absolute atomic E-state index is 12.8. The number of nitrogens with one attached hydrogen (secondary N) is 1. The Hall–Kier alpha value is -2.83. The van der Waals surface area contributed by atoms with Crippen molar-refractivity contribution in [3.05, 3.63) is 47.8 Å². The van der Waals surface area contributed by atoms with Crippen LogP contribution in [0.3, 0.4) is 0 Å². The van der Waals surface area contributed by atoms with E-state index in [1.807, 2.05) is 44.2 Å². The topological polar surface area (TPSA) is 70.5 Å². The van der Waals surface area contributed by atoms with E-state index in [1.54, 1.807) is 20.7 Å². The van der Waals surface area contributed by atoms with Crippen LogP contribution in [0.15, 0.2) is 36.5 Å². The van der Waals surface area contributed by atoms with Crippen molar-refractivity contribution >= 4 is 11.9 Å². The first kappa shape index (κ1) is 17.0. The number of carbonyl (C=O) groups is 2. The zero-order chi connectivity index (χ0) is 17.8. The fourth-order valence-corrected chi connectivity index (χ4v) is 3.00. The summed E-state index contributed by atoms with van der Waals surface area (Å²) < 4.78 is 1.78. The van der Waals surface area contributed by atoms with Gasteiger partial charge in [-0.2, -0.15) is 5.10 Å². The number of hydrogen-bond donors (Lipinski definition) is 1. The monoisotopic (exact) mass is 341 g/mol. The number of piperazine rings is 1. The van der Waals surface area contributed by atoms with Crippen LogP contribution in [0.4, 0.5) is 4.79 Å². The summed E-state index contributed by atoms with van der Waals surface area (Å²) >= 11 is 0. The Labute approximate surface area is 147 Å². The molecular formula is C18H23N5O2. The second-order valence-corrected chi connectivity index (χ2v) is 6.01. The summed E-state index contributed by atoms with van der Waals surface area (Å²) in [6.45, 7) is 6.56. The Morgan fingerprint density at radius 2 is 1.72 bits per heavy atom. The van der Waals surface area contributed by atoms with Crippen molar-refractivity contribution < 1.29 is 9.59 Å². The molecule has 3 amide bonds. The fraction of sp³-hybridized carbons (Fsp3) is 0.389. The number of rotatable bonds is 3. The van der Waals surface area contributed by atoms with E-state index >= 15 is 0 Å². The molecule has 7 heteroatoms. The van der Waals surface area contributed by atoms with Crippen molar-refractivity contribution in [2.75, 3.05) is 32.7 Å². The van der Waals surface area contributed by atoms with Gasteiger partial charge >= 0.3 is 6.03 Å². The molecule has 2 aromatic rings. The lowest BCUT2D eigenvalue weighted by Crippen LogP contribution is -2.53. The predicted octanol–water partition coefficient (Wildman–Crippen LogP) is 1.67. The summed E-state index contributed by atoms with van der Waals surface area (Å²) in [5.41, 5.74) is 2.36. The molecule has 0 radical (unpaired) electrons. The smallest absolute Gasteiger partial charge is 0.317 e. The summed E-state index contributed by atoms with van der Waals surface area (Å²) in [4.78, 5) is 28.2. The first-order valence-electron chi connectivity index (χ1n) is 8.54. The number of carbonyl (C=O) groups excluding carboxylic acids is 2. The van der Waals surface area contributed by atoms with Crippen LogP contribution in [0.25, 0.3) is 5.69 Å². The predicted molar refractivity (Wildman–Crippen MR) is 94.9 cm³/mol. The maximum atomic E-state index is 12.8. The molecular weight excluding hydrogens is 318 g/mol. The molecule has 1 aliphatic rings. The van der Waals surface area contributed by atoms with Crippen molar-refractivity contribution in [2.45, 2.75) is 13.8 Å². The lowest BCUT2D eigenvalue weighted by atomic mass is 10.2. The average Bonchev–Trinajstić information content (AvgIpc) is 3.03. The third-order valence-corrected chi connectivity index (χ3v) is 4.42. The first-order valence-corrected chi connectivity index (χ1v) is 8.54. The molecule has 25 heavy (non-hydrogen) atoms. The summed E-state index contributed by atoms with van der Waals surface area (Å²) in [6.07, 6.45) is 1.63. The third-order valence-electron chi connectivity index (χ3n) is 4.42. The molecule has 1 saturated heterocycles. The molecule has 1 N–H and O–H groups in total. The van der Waals surface area contributed by atoms with Gasteiger partial charge in [0.2, 0.25) is 0 Å². The van der Waals surface area contributed by atoms with E-state index in [1.165, 1.54) is 0 Å². The highest BCUT2D eigenvalue weighted by Gasteiger charge is 2.26. The molecule has 3 rings (SSSR count). The lowest BCUT2D eigenvalue weighted by Gasteiger charge is -2.34. The van der Waals surface area contributed by atoms with Crippen LogP contribution >= 0.6 is 0 Å². The molecule has 1 aliphatic heterocycles. The van der Waals surface area contributed by atoms with Crippen LogP contribution in [-0.4, -0.2) is 64.2 Å². The SMILES string of the molecule is CCNC(=O)N1CCN(C(=O)c2cnn(-c3ccccc3)c2C)CC1. The Morgan fingerprint density at radius 1 is 1.08 bits per heavy atom. The normalized spacial score (nSPS) is 14.5. The average molecular weight is 341 g/mol. The van der Waals surface area contributed by atoms with Gasteiger partial charge in [-0.3, -0.25) is 4.79 Å². The molecule has 0 saturated carbocycles. The largest absolute Gasteiger partial charge is 0.338 e. The van der Waals surface area contributed by atoms with Crippen molar-refractivity contribution in [1.29, 1.82) is 0 Å². The van der Waals surface area contributed by atoms with Gasteiger partial charge in [-0.15, -0.1) is 0 Å². The minimum absolute atomic E-state index is 0.0322. The van der Waals surface area contributed by atoms with Gasteiger partial charge in [0.05, 0.1) is 23.1 Å². The van der Waals surface area contributed by atoms with Crippen LogP contribution in [0, 0.1) is 6.92 Å². The number of nitrogens with zero attached hydrogens (tertiary/aromatic N) is 4. The summed E-state index contributed by atoms with van der Waals surface area (Å²) in [5, 5.41) is 7.16. The minimum Gasteiger partial charge on any atom is -0.338 e. The molecule has 0 spiro atoms. The van der Waals surface area contributed by atoms with Gasteiger partial charge in [0.15, 0.2) is 0 Å². The highest BCUT2D eigenvalue weighted by molar-refractivity contribution is 5.95. The van der Waals surface area contributed by atoms with Crippen LogP contribution in [-0.2, 0) is 0 Å². The number of benzene rings is 1. The molecule has 0 atom stereocenters. The number of urea groups is 1. The standard InChI is InChI=1S/C18H23N5O2/c1-3-19-18(25)22-11-9-21(10-12-22)17(24)16-13-20-23(14(16)2)15-7-5-4-6-8-15/h4-8,13H,3,9-12H2,1-2H3,(H,19,25). The van der Waals surface area contributed by atoms with Crippen molar-refractivity contribution in [3.8, 4) is 5.69 Å². The van der Waals surface area contributed by atoms with Gasteiger partial charge in [0, 0.05) is 32.7 Å². The highest BCUT2D eigenvalue weighted by Crippen LogP contribution is 2.16. The Morgan fingerprint density at radius 3 is 2.36 bits per heavy atom. The van der Waals surface area contributed by atoms with E-state index in [0.29, 0.717) is 38.3 Å². The molecule has 132 valence electrons. The van der Waals surface area contributed by atoms with Crippen molar-refractivity contribution in [3.63, 3.8) is 0 Å². The van der Waals surface area contributed by atoms with Crippen molar-refractivity contribution in [1.82, 2.24) is 24.9 Å². The quantitative estimate of drug-likeness (QED) is 0.923. The number of aromatic nitrogens is 2. The summed E-state index contributed by atoms with van der Waals surface area (Å²) in [5.74, 6) is -0.0322. The summed E-state index contributed by atoms with van der Waals surface area (Å²) in [6, 6.07) is 9.68. The van der Waals surface area contributed by atoms with Gasteiger partial charge in [-0.05, 0) is 26.0 Å². The fourth-order valence-electron chi connectivity index (χ4n) is 3.00. The maximum Gasteiger partial charge on any atom is 0.317 e. The van der Waals surface area contributed by atoms with Crippen LogP contribution < -0.4 is 5.32 Å². The zero-order valence-corrected chi connectivity index (χ0v) is 14.6. The van der Waals surface area contributed by atoms with E-state index < -0.39 is 0 Å². The van der Waals surface area contributed by atoms with Crippen LogP contribution in [0.1, 0.15) is 23.0 Å². The van der Waals surface area contributed by atoms with Crippen molar-refractivity contribution in [2.24, 2.45) is 0 Å². The number of para-hydroxylation sites is 1. The molecule has 7 nitrogen and oxygen atoms in total. The molecule has 0 unspecified atom stereocenters. The molecule has 1 aromatic carbocycles. The van der Waals surface area contributed by atoms with E-state index in [9.17, 15) is 9.59 Å². The molecule has 1 fully saturated rings. The van der Waals surface area contributed by atoms with Gasteiger partial charge < -0.3 is 15.1 Å². The van der Waals surface area contributed by atoms with Gasteiger partial charge in [-0.1, -0.05) is 18.2 Å². The first-order chi connectivity index (χ1) is 12.1. The summed E-state index contributed by atoms with van der Waals surface area (Å²) in [7, 11) is 0. The third kappa shape index (κ3) is 3.50. The highest BCUT2D eigenvalue weighted by atomic mass is 16.2. The van der Waals surface area contributed by atoms with E-state index in [4.69, 9.17) is 0 Å². The number of amides is 3. The minimum atomic E-state index is -0.0670. The van der Waals surface area contributed by atoms with E-state index in [-0.39, 0.29) is 11.9 Å². The second-order valence-electron chi connectivity index (χ2n) is 6.01. The van der Waals surface area contributed by atoms with E-state index in [2.05, 4.69) is 10.4 Å². The van der Waals surface area contributed by atoms with Crippen LogP contribution in [0.5, 0.6) is 0 Å². The Kier molecular flexibility index (Phi) is 5.02. The second kappa shape index (κ2) is 7.38. The molecule has 0 bridgehead atoms. The molecule has 0 aliphatic carbocycles. The van der Waals surface area contributed by atoms with Gasteiger partial charge in [-0.25, -0.2) is 9.48 Å². The lowest BCUT2D eigenvalue weighted by molar-refractivity contribution is 0.0664. The van der Waals surface area contributed by atoms with Crippen LogP contribution in [0.2, 0.25) is 0 Å². The number of hydrogen-bond acceptors (Lipinski definition) is 3. The zero-order valence-electron chi connectivity index (χ0n) is 14.6. The Bertz CT molecular complexity index is 748. The van der Waals surface area contributed by atoms with Gasteiger partial charge in [0.25, 0.3) is 5.91 Å².